The molecule has 0 atom stereocenters. The van der Waals surface area contributed by atoms with Gasteiger partial charge in [0.2, 0.25) is 0 Å². The average molecular weight is 207 g/mol. The first-order chi connectivity index (χ1) is 7.29. The van der Waals surface area contributed by atoms with Crippen LogP contribution in [-0.4, -0.2) is 17.7 Å². The molecule has 0 aromatic heterocycles. The minimum Gasteiger partial charge on any atom is -0.376 e. The van der Waals surface area contributed by atoms with Crippen LogP contribution in [0, 0.1) is 0 Å². The summed E-state index contributed by atoms with van der Waals surface area (Å²) >= 11 is 0. The minimum absolute atomic E-state index is 0.204. The molecule has 0 aliphatic carbocycles. The molecule has 1 rings (SSSR count). The molecule has 2 N–H and O–H groups in total. The summed E-state index contributed by atoms with van der Waals surface area (Å²) in [5.41, 5.74) is 1.71. The number of hydrogen-bond acceptors (Lipinski definition) is 2. The van der Waals surface area contributed by atoms with Gasteiger partial charge in [-0.15, -0.1) is 0 Å². The SMILES string of the molecule is CCCCc1ccccc1C(=O)NCO. The van der Waals surface area contributed by atoms with Gasteiger partial charge in [-0.05, 0) is 24.5 Å². The van der Waals surface area contributed by atoms with Gasteiger partial charge >= 0.3 is 0 Å². The molecule has 0 saturated heterocycles. The molecule has 0 bridgehead atoms. The van der Waals surface area contributed by atoms with Crippen molar-refractivity contribution in [1.82, 2.24) is 5.32 Å². The summed E-state index contributed by atoms with van der Waals surface area (Å²) in [6, 6.07) is 7.51. The molecule has 15 heavy (non-hydrogen) atoms. The number of aliphatic hydroxyl groups excluding tert-OH is 1. The van der Waals surface area contributed by atoms with Gasteiger partial charge in [-0.3, -0.25) is 4.79 Å². The predicted octanol–water partition coefficient (Wildman–Crippen LogP) is 1.71. The van der Waals surface area contributed by atoms with Crippen molar-refractivity contribution < 1.29 is 9.90 Å². The fourth-order valence-corrected chi connectivity index (χ4v) is 1.49. The molecule has 0 fully saturated rings. The predicted molar refractivity (Wildman–Crippen MR) is 59.6 cm³/mol. The van der Waals surface area contributed by atoms with Gasteiger partial charge in [0.25, 0.3) is 5.91 Å². The zero-order valence-corrected chi connectivity index (χ0v) is 8.99. The van der Waals surface area contributed by atoms with E-state index in [0.29, 0.717) is 5.56 Å². The number of nitrogens with one attached hydrogen (secondary N) is 1. The normalized spacial score (nSPS) is 10.0. The molecule has 1 aromatic rings. The maximum absolute atomic E-state index is 11.6. The number of benzene rings is 1. The summed E-state index contributed by atoms with van der Waals surface area (Å²) in [7, 11) is 0. The molecule has 0 radical (unpaired) electrons. The number of amides is 1. The third kappa shape index (κ3) is 3.36. The number of hydrogen-bond donors (Lipinski definition) is 2. The van der Waals surface area contributed by atoms with Crippen LogP contribution in [0.3, 0.4) is 0 Å². The third-order valence-corrected chi connectivity index (χ3v) is 2.30. The number of rotatable bonds is 5. The molecular formula is C12H17NO2. The molecule has 0 spiro atoms. The zero-order valence-electron chi connectivity index (χ0n) is 8.99. The maximum atomic E-state index is 11.6. The second-order valence-electron chi connectivity index (χ2n) is 3.42. The van der Waals surface area contributed by atoms with Crippen molar-refractivity contribution in [2.75, 3.05) is 6.73 Å². The Morgan fingerprint density at radius 1 is 1.40 bits per heavy atom. The van der Waals surface area contributed by atoms with Gasteiger partial charge in [0, 0.05) is 5.56 Å². The fraction of sp³-hybridized carbons (Fsp3) is 0.417. The molecule has 82 valence electrons. The van der Waals surface area contributed by atoms with E-state index in [2.05, 4.69) is 12.2 Å². The Hall–Kier alpha value is -1.35. The molecule has 3 nitrogen and oxygen atoms in total. The van der Waals surface area contributed by atoms with Crippen LogP contribution in [0.15, 0.2) is 24.3 Å². The van der Waals surface area contributed by atoms with Gasteiger partial charge in [0.15, 0.2) is 0 Å². The quantitative estimate of drug-likeness (QED) is 0.722. The molecular weight excluding hydrogens is 190 g/mol. The first-order valence-electron chi connectivity index (χ1n) is 5.26. The van der Waals surface area contributed by atoms with Crippen LogP contribution >= 0.6 is 0 Å². The van der Waals surface area contributed by atoms with Crippen LogP contribution in [-0.2, 0) is 6.42 Å². The van der Waals surface area contributed by atoms with Crippen molar-refractivity contribution in [3.05, 3.63) is 35.4 Å². The van der Waals surface area contributed by atoms with E-state index >= 15 is 0 Å². The molecule has 1 amide bonds. The lowest BCUT2D eigenvalue weighted by molar-refractivity contribution is 0.0909. The average Bonchev–Trinajstić information content (AvgIpc) is 2.27. The van der Waals surface area contributed by atoms with Gasteiger partial charge in [-0.2, -0.15) is 0 Å². The molecule has 0 saturated carbocycles. The summed E-state index contributed by atoms with van der Waals surface area (Å²) in [6.07, 6.45) is 3.09. The minimum atomic E-state index is -0.319. The number of aliphatic hydroxyl groups is 1. The molecule has 0 aliphatic heterocycles. The summed E-state index contributed by atoms with van der Waals surface area (Å²) < 4.78 is 0. The lowest BCUT2D eigenvalue weighted by Crippen LogP contribution is -2.25. The Labute approximate surface area is 90.1 Å². The Morgan fingerprint density at radius 2 is 2.13 bits per heavy atom. The maximum Gasteiger partial charge on any atom is 0.253 e. The summed E-state index contributed by atoms with van der Waals surface area (Å²) in [5.74, 6) is -0.204. The second-order valence-corrected chi connectivity index (χ2v) is 3.42. The molecule has 0 heterocycles. The van der Waals surface area contributed by atoms with E-state index in [1.807, 2.05) is 18.2 Å². The first kappa shape index (κ1) is 11.7. The van der Waals surface area contributed by atoms with E-state index in [-0.39, 0.29) is 12.6 Å². The van der Waals surface area contributed by atoms with Gasteiger partial charge in [-0.25, -0.2) is 0 Å². The van der Waals surface area contributed by atoms with Crippen LogP contribution < -0.4 is 5.32 Å². The van der Waals surface area contributed by atoms with E-state index in [1.165, 1.54) is 0 Å². The lowest BCUT2D eigenvalue weighted by Gasteiger charge is -2.08. The molecule has 1 aromatic carbocycles. The Balaban J connectivity index is 2.80. The van der Waals surface area contributed by atoms with Crippen LogP contribution in [0.25, 0.3) is 0 Å². The van der Waals surface area contributed by atoms with Crippen molar-refractivity contribution in [1.29, 1.82) is 0 Å². The summed E-state index contributed by atoms with van der Waals surface area (Å²) in [6.45, 7) is 1.80. The molecule has 0 aliphatic rings. The van der Waals surface area contributed by atoms with E-state index < -0.39 is 0 Å². The van der Waals surface area contributed by atoms with E-state index in [0.717, 1.165) is 24.8 Å². The van der Waals surface area contributed by atoms with Gasteiger partial charge < -0.3 is 10.4 Å². The highest BCUT2D eigenvalue weighted by atomic mass is 16.3. The smallest absolute Gasteiger partial charge is 0.253 e. The van der Waals surface area contributed by atoms with Gasteiger partial charge in [-0.1, -0.05) is 31.5 Å². The van der Waals surface area contributed by atoms with E-state index in [9.17, 15) is 4.79 Å². The lowest BCUT2D eigenvalue weighted by atomic mass is 10.0. The van der Waals surface area contributed by atoms with E-state index in [1.54, 1.807) is 6.07 Å². The highest BCUT2D eigenvalue weighted by Gasteiger charge is 2.08. The van der Waals surface area contributed by atoms with Crippen LogP contribution in [0.4, 0.5) is 0 Å². The summed E-state index contributed by atoms with van der Waals surface area (Å²) in [4.78, 5) is 11.6. The van der Waals surface area contributed by atoms with Gasteiger partial charge in [0.05, 0.1) is 0 Å². The summed E-state index contributed by atoms with van der Waals surface area (Å²) in [5, 5.41) is 11.0. The van der Waals surface area contributed by atoms with Crippen LogP contribution in [0.5, 0.6) is 0 Å². The van der Waals surface area contributed by atoms with Crippen molar-refractivity contribution in [2.45, 2.75) is 26.2 Å². The topological polar surface area (TPSA) is 49.3 Å². The van der Waals surface area contributed by atoms with Crippen molar-refractivity contribution >= 4 is 5.91 Å². The highest BCUT2D eigenvalue weighted by molar-refractivity contribution is 5.95. The van der Waals surface area contributed by atoms with Crippen molar-refractivity contribution in [2.24, 2.45) is 0 Å². The van der Waals surface area contributed by atoms with Gasteiger partial charge in [0.1, 0.15) is 6.73 Å². The highest BCUT2D eigenvalue weighted by Crippen LogP contribution is 2.11. The van der Waals surface area contributed by atoms with Crippen LogP contribution in [0.2, 0.25) is 0 Å². The molecule has 0 unspecified atom stereocenters. The Bertz CT molecular complexity index is 323. The number of carbonyl (C=O) groups is 1. The third-order valence-electron chi connectivity index (χ3n) is 2.30. The van der Waals surface area contributed by atoms with Crippen LogP contribution in [0.1, 0.15) is 35.7 Å². The second kappa shape index (κ2) is 6.19. The monoisotopic (exact) mass is 207 g/mol. The first-order valence-corrected chi connectivity index (χ1v) is 5.26. The van der Waals surface area contributed by atoms with Crippen molar-refractivity contribution in [3.8, 4) is 0 Å². The molecule has 3 heteroatoms. The Morgan fingerprint density at radius 3 is 2.80 bits per heavy atom. The zero-order chi connectivity index (χ0) is 11.1. The standard InChI is InChI=1S/C12H17NO2/c1-2-3-6-10-7-4-5-8-11(10)12(15)13-9-14/h4-5,7-8,14H,2-3,6,9H2,1H3,(H,13,15). The number of unbranched alkanes of at least 4 members (excludes halogenated alkanes) is 1. The number of aryl methyl sites for hydroxylation is 1. The van der Waals surface area contributed by atoms with E-state index in [4.69, 9.17) is 5.11 Å². The number of carbonyl (C=O) groups excluding carboxylic acids is 1. The fourth-order valence-electron chi connectivity index (χ4n) is 1.49. The largest absolute Gasteiger partial charge is 0.376 e. The Kier molecular flexibility index (Phi) is 4.84. The van der Waals surface area contributed by atoms with Crippen molar-refractivity contribution in [3.63, 3.8) is 0 Å².